The van der Waals surface area contributed by atoms with E-state index >= 15 is 0 Å². The van der Waals surface area contributed by atoms with E-state index in [2.05, 4.69) is 243 Å². The number of anilines is 3. The standard InChI is InChI=1S/C62H43N/c1-61(2)52-25-12-11-24-51(52)60-56(61)29-16-30-58(60)63(43-18-4-3-5-19-43)44-35-31-41(32-36-44)46-37-33-40-17-6-7-20-45(40)59(46)42-34-38-50-49-23-10-15-28-55(49)62(57(50)39-42)53-26-13-8-21-47(53)48-22-9-14-27-54(48)62/h3-39H,1-2H3. The van der Waals surface area contributed by atoms with Crippen LogP contribution in [0.5, 0.6) is 0 Å². The predicted octanol–water partition coefficient (Wildman–Crippen LogP) is 16.3. The second-order valence-corrected chi connectivity index (χ2v) is 17.9. The number of benzene rings is 10. The normalized spacial score (nSPS) is 14.1. The van der Waals surface area contributed by atoms with Crippen LogP contribution in [0.1, 0.15) is 47.2 Å². The monoisotopic (exact) mass is 801 g/mol. The second-order valence-electron chi connectivity index (χ2n) is 17.9. The minimum Gasteiger partial charge on any atom is -0.310 e. The third-order valence-corrected chi connectivity index (χ3v) is 14.5. The molecule has 1 nitrogen and oxygen atoms in total. The van der Waals surface area contributed by atoms with E-state index in [4.69, 9.17) is 0 Å². The molecule has 0 fully saturated rings. The first-order valence-corrected chi connectivity index (χ1v) is 22.2. The van der Waals surface area contributed by atoms with Crippen molar-refractivity contribution in [1.29, 1.82) is 0 Å². The molecule has 0 saturated heterocycles. The molecule has 0 atom stereocenters. The van der Waals surface area contributed by atoms with Gasteiger partial charge in [0.05, 0.1) is 11.1 Å². The summed E-state index contributed by atoms with van der Waals surface area (Å²) in [6.45, 7) is 4.71. The lowest BCUT2D eigenvalue weighted by atomic mass is 9.70. The summed E-state index contributed by atoms with van der Waals surface area (Å²) in [7, 11) is 0. The van der Waals surface area contributed by atoms with E-state index in [1.165, 1.54) is 105 Å². The zero-order valence-corrected chi connectivity index (χ0v) is 35.3. The van der Waals surface area contributed by atoms with E-state index in [1.54, 1.807) is 0 Å². The first kappa shape index (κ1) is 36.0. The largest absolute Gasteiger partial charge is 0.310 e. The highest BCUT2D eigenvalue weighted by molar-refractivity contribution is 6.06. The summed E-state index contributed by atoms with van der Waals surface area (Å²) in [5.74, 6) is 0. The SMILES string of the molecule is CC1(C)c2ccccc2-c2c(N(c3ccccc3)c3ccc(-c4ccc5ccccc5c4-c4ccc5c(c4)C4(c6ccccc6-c6ccccc64)c4ccccc4-5)cc3)cccc21. The van der Waals surface area contributed by atoms with Gasteiger partial charge in [0.1, 0.15) is 0 Å². The molecule has 3 aliphatic rings. The maximum absolute atomic E-state index is 2.53. The average Bonchev–Trinajstić information content (AvgIpc) is 3.90. The smallest absolute Gasteiger partial charge is 0.0725 e. The topological polar surface area (TPSA) is 3.24 Å². The Balaban J connectivity index is 0.996. The van der Waals surface area contributed by atoms with Gasteiger partial charge in [-0.1, -0.05) is 202 Å². The first-order valence-electron chi connectivity index (χ1n) is 22.2. The summed E-state index contributed by atoms with van der Waals surface area (Å²) in [4.78, 5) is 2.44. The van der Waals surface area contributed by atoms with Crippen LogP contribution in [0.25, 0.3) is 66.4 Å². The molecule has 63 heavy (non-hydrogen) atoms. The van der Waals surface area contributed by atoms with Crippen molar-refractivity contribution < 1.29 is 0 Å². The highest BCUT2D eigenvalue weighted by Crippen LogP contribution is 2.63. The Bertz CT molecular complexity index is 3420. The van der Waals surface area contributed by atoms with Gasteiger partial charge in [-0.05, 0) is 131 Å². The summed E-state index contributed by atoms with van der Waals surface area (Å²) in [5.41, 5.74) is 23.9. The van der Waals surface area contributed by atoms with Crippen LogP contribution in [-0.4, -0.2) is 0 Å². The number of para-hydroxylation sites is 1. The molecular weight excluding hydrogens is 759 g/mol. The molecule has 1 spiro atoms. The number of hydrogen-bond acceptors (Lipinski definition) is 1. The summed E-state index contributed by atoms with van der Waals surface area (Å²) in [6, 6.07) is 83.9. The summed E-state index contributed by atoms with van der Waals surface area (Å²) in [6.07, 6.45) is 0. The molecule has 10 aromatic rings. The lowest BCUT2D eigenvalue weighted by Gasteiger charge is -2.31. The number of rotatable bonds is 5. The lowest BCUT2D eigenvalue weighted by Crippen LogP contribution is -2.25. The van der Waals surface area contributed by atoms with Crippen LogP contribution in [0.3, 0.4) is 0 Å². The van der Waals surface area contributed by atoms with Gasteiger partial charge in [-0.15, -0.1) is 0 Å². The van der Waals surface area contributed by atoms with Gasteiger partial charge in [-0.3, -0.25) is 0 Å². The lowest BCUT2D eigenvalue weighted by molar-refractivity contribution is 0.660. The number of nitrogens with zero attached hydrogens (tertiary/aromatic N) is 1. The van der Waals surface area contributed by atoms with E-state index in [9.17, 15) is 0 Å². The molecular formula is C62H43N. The molecule has 0 N–H and O–H groups in total. The first-order chi connectivity index (χ1) is 31.0. The van der Waals surface area contributed by atoms with Crippen LogP contribution in [-0.2, 0) is 10.8 Å². The van der Waals surface area contributed by atoms with Crippen LogP contribution in [0.15, 0.2) is 224 Å². The van der Waals surface area contributed by atoms with Crippen molar-refractivity contribution in [2.45, 2.75) is 24.7 Å². The van der Waals surface area contributed by atoms with E-state index < -0.39 is 5.41 Å². The average molecular weight is 802 g/mol. The summed E-state index contributed by atoms with van der Waals surface area (Å²) < 4.78 is 0. The van der Waals surface area contributed by atoms with Crippen molar-refractivity contribution >= 4 is 27.8 Å². The van der Waals surface area contributed by atoms with Crippen molar-refractivity contribution in [1.82, 2.24) is 0 Å². The molecule has 0 heterocycles. The van der Waals surface area contributed by atoms with E-state index in [-0.39, 0.29) is 5.41 Å². The van der Waals surface area contributed by atoms with E-state index in [0.717, 1.165) is 11.4 Å². The van der Waals surface area contributed by atoms with Gasteiger partial charge in [-0.2, -0.15) is 0 Å². The fourth-order valence-electron chi connectivity index (χ4n) is 11.8. The molecule has 0 bridgehead atoms. The third-order valence-electron chi connectivity index (χ3n) is 14.5. The Morgan fingerprint density at radius 1 is 0.317 bits per heavy atom. The molecule has 0 unspecified atom stereocenters. The maximum atomic E-state index is 2.53. The van der Waals surface area contributed by atoms with Crippen LogP contribution in [0.2, 0.25) is 0 Å². The van der Waals surface area contributed by atoms with Crippen LogP contribution in [0.4, 0.5) is 17.1 Å². The Morgan fingerprint density at radius 3 is 1.51 bits per heavy atom. The minimum absolute atomic E-state index is 0.0921. The van der Waals surface area contributed by atoms with Crippen LogP contribution >= 0.6 is 0 Å². The highest BCUT2D eigenvalue weighted by atomic mass is 15.1. The summed E-state index contributed by atoms with van der Waals surface area (Å²) in [5, 5.41) is 2.49. The Kier molecular flexibility index (Phi) is 7.64. The summed E-state index contributed by atoms with van der Waals surface area (Å²) >= 11 is 0. The Morgan fingerprint density at radius 2 is 0.825 bits per heavy atom. The molecule has 1 heteroatoms. The number of fused-ring (bicyclic) bond motifs is 14. The van der Waals surface area contributed by atoms with E-state index in [1.807, 2.05) is 0 Å². The molecule has 10 aromatic carbocycles. The molecule has 0 radical (unpaired) electrons. The second kappa shape index (κ2) is 13.4. The van der Waals surface area contributed by atoms with Gasteiger partial charge in [0.25, 0.3) is 0 Å². The molecule has 0 aromatic heterocycles. The van der Waals surface area contributed by atoms with Gasteiger partial charge < -0.3 is 4.90 Å². The quantitative estimate of drug-likeness (QED) is 0.168. The van der Waals surface area contributed by atoms with Crippen molar-refractivity contribution in [2.75, 3.05) is 4.90 Å². The zero-order chi connectivity index (χ0) is 41.9. The fourth-order valence-corrected chi connectivity index (χ4v) is 11.8. The minimum atomic E-state index is -0.407. The Hall–Kier alpha value is -7.74. The molecule has 0 aliphatic heterocycles. The third kappa shape index (κ3) is 4.94. The van der Waals surface area contributed by atoms with Crippen molar-refractivity contribution in [3.63, 3.8) is 0 Å². The molecule has 296 valence electrons. The van der Waals surface area contributed by atoms with Gasteiger partial charge in [0.2, 0.25) is 0 Å². The van der Waals surface area contributed by atoms with Gasteiger partial charge in [0, 0.05) is 22.4 Å². The van der Waals surface area contributed by atoms with E-state index in [0.29, 0.717) is 0 Å². The van der Waals surface area contributed by atoms with Crippen molar-refractivity contribution in [3.05, 3.63) is 258 Å². The zero-order valence-electron chi connectivity index (χ0n) is 35.3. The maximum Gasteiger partial charge on any atom is 0.0725 e. The van der Waals surface area contributed by atoms with Gasteiger partial charge >= 0.3 is 0 Å². The number of hydrogen-bond donors (Lipinski definition) is 0. The van der Waals surface area contributed by atoms with Crippen molar-refractivity contribution in [2.24, 2.45) is 0 Å². The fraction of sp³-hybridized carbons (Fsp3) is 0.0645. The molecule has 0 saturated carbocycles. The van der Waals surface area contributed by atoms with Crippen molar-refractivity contribution in [3.8, 4) is 55.6 Å². The van der Waals surface area contributed by atoms with Crippen LogP contribution in [0, 0.1) is 0 Å². The molecule has 13 rings (SSSR count). The molecule has 3 aliphatic carbocycles. The Labute approximate surface area is 369 Å². The molecule has 0 amide bonds. The van der Waals surface area contributed by atoms with Crippen LogP contribution < -0.4 is 4.90 Å². The van der Waals surface area contributed by atoms with Gasteiger partial charge in [0.15, 0.2) is 0 Å². The predicted molar refractivity (Wildman–Crippen MR) is 263 cm³/mol. The van der Waals surface area contributed by atoms with Gasteiger partial charge in [-0.25, -0.2) is 0 Å². The highest BCUT2D eigenvalue weighted by Gasteiger charge is 2.51.